The average Bonchev–Trinajstić information content (AvgIpc) is 3.07. The monoisotopic (exact) mass is 332 g/mol. The van der Waals surface area contributed by atoms with Crippen LogP contribution in [-0.2, 0) is 11.3 Å². The number of nitrogens with zero attached hydrogens (tertiary/aromatic N) is 3. The first-order chi connectivity index (χ1) is 11.7. The van der Waals surface area contributed by atoms with E-state index in [9.17, 15) is 9.59 Å². The van der Waals surface area contributed by atoms with E-state index in [4.69, 9.17) is 0 Å². The number of nitrogens with one attached hydrogen (secondary N) is 1. The van der Waals surface area contributed by atoms with E-state index < -0.39 is 0 Å². The molecule has 0 spiro atoms. The van der Waals surface area contributed by atoms with Gasteiger partial charge in [-0.2, -0.15) is 5.10 Å². The third-order valence-electron chi connectivity index (χ3n) is 5.23. The Kier molecular flexibility index (Phi) is 5.53. The normalized spacial score (nSPS) is 21.9. The molecule has 6 nitrogen and oxygen atoms in total. The smallest absolute Gasteiger partial charge is 0.268 e. The molecule has 1 saturated carbocycles. The van der Waals surface area contributed by atoms with Gasteiger partial charge in [0.2, 0.25) is 5.91 Å². The highest BCUT2D eigenvalue weighted by molar-refractivity contribution is 5.76. The molecule has 2 fully saturated rings. The molecule has 1 N–H and O–H groups in total. The van der Waals surface area contributed by atoms with E-state index in [2.05, 4.69) is 15.3 Å². The van der Waals surface area contributed by atoms with E-state index in [0.717, 1.165) is 44.5 Å². The number of aryl methyl sites for hydroxylation is 1. The molecule has 1 aromatic rings. The SMILES string of the molecule is CCn1ncc(N2CCCC(CC(=O)NC3CCCC3)C2)cc1=O. The fourth-order valence-electron chi connectivity index (χ4n) is 3.92. The van der Waals surface area contributed by atoms with Gasteiger partial charge < -0.3 is 10.2 Å². The highest BCUT2D eigenvalue weighted by Gasteiger charge is 2.24. The number of anilines is 1. The summed E-state index contributed by atoms with van der Waals surface area (Å²) in [7, 11) is 0. The van der Waals surface area contributed by atoms with Gasteiger partial charge in [0.1, 0.15) is 0 Å². The Bertz CT molecular complexity index is 622. The summed E-state index contributed by atoms with van der Waals surface area (Å²) in [5.41, 5.74) is 0.821. The van der Waals surface area contributed by atoms with Gasteiger partial charge in [-0.05, 0) is 38.5 Å². The maximum atomic E-state index is 12.3. The lowest BCUT2D eigenvalue weighted by Gasteiger charge is -2.34. The summed E-state index contributed by atoms with van der Waals surface area (Å²) >= 11 is 0. The summed E-state index contributed by atoms with van der Waals surface area (Å²) in [6.07, 6.45) is 9.21. The predicted molar refractivity (Wildman–Crippen MR) is 94.1 cm³/mol. The van der Waals surface area contributed by atoms with Gasteiger partial charge in [0, 0.05) is 38.2 Å². The molecule has 2 heterocycles. The molecule has 2 aliphatic rings. The molecule has 3 rings (SSSR count). The third-order valence-corrected chi connectivity index (χ3v) is 5.23. The second-order valence-electron chi connectivity index (χ2n) is 7.08. The number of hydrogen-bond acceptors (Lipinski definition) is 4. The van der Waals surface area contributed by atoms with Crippen molar-refractivity contribution in [3.05, 3.63) is 22.6 Å². The number of amides is 1. The maximum absolute atomic E-state index is 12.3. The predicted octanol–water partition coefficient (Wildman–Crippen LogP) is 1.93. The Morgan fingerprint density at radius 2 is 2.08 bits per heavy atom. The van der Waals surface area contributed by atoms with Crippen LogP contribution in [0.5, 0.6) is 0 Å². The van der Waals surface area contributed by atoms with Crippen molar-refractivity contribution in [2.75, 3.05) is 18.0 Å². The van der Waals surface area contributed by atoms with Crippen molar-refractivity contribution >= 4 is 11.6 Å². The fourth-order valence-corrected chi connectivity index (χ4v) is 3.92. The molecule has 0 bridgehead atoms. The molecule has 0 aromatic carbocycles. The Morgan fingerprint density at radius 3 is 2.79 bits per heavy atom. The van der Waals surface area contributed by atoms with Gasteiger partial charge in [-0.25, -0.2) is 4.68 Å². The van der Waals surface area contributed by atoms with Crippen LogP contribution in [0.25, 0.3) is 0 Å². The van der Waals surface area contributed by atoms with E-state index >= 15 is 0 Å². The molecular weight excluding hydrogens is 304 g/mol. The number of carbonyl (C=O) groups excluding carboxylic acids is 1. The quantitative estimate of drug-likeness (QED) is 0.895. The minimum atomic E-state index is -0.0592. The van der Waals surface area contributed by atoms with Crippen LogP contribution in [-0.4, -0.2) is 34.8 Å². The third kappa shape index (κ3) is 4.16. The summed E-state index contributed by atoms with van der Waals surface area (Å²) in [4.78, 5) is 26.4. The van der Waals surface area contributed by atoms with Gasteiger partial charge in [-0.15, -0.1) is 0 Å². The number of aromatic nitrogens is 2. The van der Waals surface area contributed by atoms with Crippen LogP contribution in [0.1, 0.15) is 51.9 Å². The molecule has 1 aliphatic heterocycles. The number of piperidine rings is 1. The first-order valence-corrected chi connectivity index (χ1v) is 9.27. The van der Waals surface area contributed by atoms with Crippen molar-refractivity contribution in [1.29, 1.82) is 0 Å². The summed E-state index contributed by atoms with van der Waals surface area (Å²) in [6.45, 7) is 4.25. The van der Waals surface area contributed by atoms with Gasteiger partial charge in [0.15, 0.2) is 0 Å². The summed E-state index contributed by atoms with van der Waals surface area (Å²) in [5.74, 6) is 0.544. The summed E-state index contributed by atoms with van der Waals surface area (Å²) < 4.78 is 1.46. The maximum Gasteiger partial charge on any atom is 0.268 e. The number of carbonyl (C=O) groups is 1. The lowest BCUT2D eigenvalue weighted by molar-refractivity contribution is -0.122. The van der Waals surface area contributed by atoms with E-state index in [0.29, 0.717) is 24.9 Å². The Morgan fingerprint density at radius 1 is 1.29 bits per heavy atom. The van der Waals surface area contributed by atoms with Crippen molar-refractivity contribution in [3.8, 4) is 0 Å². The van der Waals surface area contributed by atoms with Crippen LogP contribution in [0, 0.1) is 5.92 Å². The molecule has 132 valence electrons. The van der Waals surface area contributed by atoms with Crippen molar-refractivity contribution in [1.82, 2.24) is 15.1 Å². The van der Waals surface area contributed by atoms with Crippen molar-refractivity contribution in [2.24, 2.45) is 5.92 Å². The standard InChI is InChI=1S/C18H28N4O2/c1-2-22-18(24)11-16(12-19-22)21-9-5-6-14(13-21)10-17(23)20-15-7-3-4-8-15/h11-12,14-15H,2-10,13H2,1H3,(H,20,23). The second-order valence-corrected chi connectivity index (χ2v) is 7.08. The molecule has 1 unspecified atom stereocenters. The van der Waals surface area contributed by atoms with Crippen LogP contribution in [0.4, 0.5) is 5.69 Å². The molecule has 24 heavy (non-hydrogen) atoms. The first kappa shape index (κ1) is 17.0. The van der Waals surface area contributed by atoms with E-state index in [1.807, 2.05) is 6.92 Å². The van der Waals surface area contributed by atoms with Crippen LogP contribution < -0.4 is 15.8 Å². The van der Waals surface area contributed by atoms with Crippen molar-refractivity contribution < 1.29 is 4.79 Å². The highest BCUT2D eigenvalue weighted by Crippen LogP contribution is 2.24. The molecule has 1 aromatic heterocycles. The highest BCUT2D eigenvalue weighted by atomic mass is 16.1. The molecule has 1 atom stereocenters. The molecule has 6 heteroatoms. The average molecular weight is 332 g/mol. The molecular formula is C18H28N4O2. The van der Waals surface area contributed by atoms with Crippen molar-refractivity contribution in [3.63, 3.8) is 0 Å². The van der Waals surface area contributed by atoms with Gasteiger partial charge in [0.05, 0.1) is 11.9 Å². The lowest BCUT2D eigenvalue weighted by Crippen LogP contribution is -2.40. The number of hydrogen-bond donors (Lipinski definition) is 1. The van der Waals surface area contributed by atoms with E-state index in [1.54, 1.807) is 12.3 Å². The Balaban J connectivity index is 1.56. The largest absolute Gasteiger partial charge is 0.370 e. The molecule has 1 saturated heterocycles. The topological polar surface area (TPSA) is 67.2 Å². The van der Waals surface area contributed by atoms with Crippen molar-refractivity contribution in [2.45, 2.75) is 64.5 Å². The fraction of sp³-hybridized carbons (Fsp3) is 0.722. The van der Waals surface area contributed by atoms with Crippen LogP contribution in [0.15, 0.2) is 17.1 Å². The van der Waals surface area contributed by atoms with Gasteiger partial charge in [0.25, 0.3) is 5.56 Å². The van der Waals surface area contributed by atoms with Gasteiger partial charge >= 0.3 is 0 Å². The zero-order chi connectivity index (χ0) is 16.9. The first-order valence-electron chi connectivity index (χ1n) is 9.27. The minimum Gasteiger partial charge on any atom is -0.370 e. The number of rotatable bonds is 5. The van der Waals surface area contributed by atoms with Crippen LogP contribution in [0.3, 0.4) is 0 Å². The molecule has 1 aliphatic carbocycles. The van der Waals surface area contributed by atoms with Crippen LogP contribution in [0.2, 0.25) is 0 Å². The molecule has 1 amide bonds. The molecule has 0 radical (unpaired) electrons. The zero-order valence-electron chi connectivity index (χ0n) is 14.5. The Labute approximate surface area is 143 Å². The lowest BCUT2D eigenvalue weighted by atomic mass is 9.94. The zero-order valence-corrected chi connectivity index (χ0v) is 14.5. The van der Waals surface area contributed by atoms with E-state index in [-0.39, 0.29) is 11.5 Å². The van der Waals surface area contributed by atoms with Gasteiger partial charge in [-0.3, -0.25) is 9.59 Å². The Hall–Kier alpha value is -1.85. The second kappa shape index (κ2) is 7.81. The van der Waals surface area contributed by atoms with Gasteiger partial charge in [-0.1, -0.05) is 12.8 Å². The summed E-state index contributed by atoms with van der Waals surface area (Å²) in [5, 5.41) is 7.39. The van der Waals surface area contributed by atoms with E-state index in [1.165, 1.54) is 17.5 Å². The summed E-state index contributed by atoms with van der Waals surface area (Å²) in [6, 6.07) is 2.06. The van der Waals surface area contributed by atoms with Crippen LogP contribution >= 0.6 is 0 Å². The minimum absolute atomic E-state index is 0.0592.